The van der Waals surface area contributed by atoms with Gasteiger partial charge in [-0.05, 0) is 11.6 Å². The van der Waals surface area contributed by atoms with Crippen LogP contribution < -0.4 is 4.74 Å². The van der Waals surface area contributed by atoms with Crippen LogP contribution in [-0.2, 0) is 11.2 Å². The minimum absolute atomic E-state index is 0.0413. The average Bonchev–Trinajstić information content (AvgIpc) is 2.98. The van der Waals surface area contributed by atoms with Crippen molar-refractivity contribution in [1.29, 1.82) is 0 Å². The second-order valence-electron chi connectivity index (χ2n) is 5.20. The van der Waals surface area contributed by atoms with Gasteiger partial charge in [-0.15, -0.1) is 0 Å². The molecule has 1 aliphatic heterocycles. The molecule has 4 heteroatoms. The van der Waals surface area contributed by atoms with E-state index in [-0.39, 0.29) is 12.0 Å². The van der Waals surface area contributed by atoms with E-state index in [0.29, 0.717) is 18.8 Å². The third kappa shape index (κ3) is 3.60. The molecule has 108 valence electrons. The Bertz CT molecular complexity index is 586. The summed E-state index contributed by atoms with van der Waals surface area (Å²) >= 11 is 0. The van der Waals surface area contributed by atoms with Gasteiger partial charge in [0.05, 0.1) is 13.0 Å². The zero-order chi connectivity index (χ0) is 14.5. The summed E-state index contributed by atoms with van der Waals surface area (Å²) in [7, 11) is 0. The Hall–Kier alpha value is -2.36. The van der Waals surface area contributed by atoms with E-state index < -0.39 is 0 Å². The summed E-state index contributed by atoms with van der Waals surface area (Å²) in [5.41, 5.74) is 1.05. The molecule has 2 aromatic rings. The predicted octanol–water partition coefficient (Wildman–Crippen LogP) is 2.30. The van der Waals surface area contributed by atoms with Crippen molar-refractivity contribution in [2.45, 2.75) is 18.9 Å². The molecule has 3 rings (SSSR count). The summed E-state index contributed by atoms with van der Waals surface area (Å²) < 4.78 is 5.80. The molecular formula is C17H18N2O2. The van der Waals surface area contributed by atoms with Crippen LogP contribution >= 0.6 is 0 Å². The molecule has 0 aliphatic carbocycles. The molecule has 0 bridgehead atoms. The first-order valence-electron chi connectivity index (χ1n) is 7.20. The van der Waals surface area contributed by atoms with E-state index in [2.05, 4.69) is 4.98 Å². The molecule has 1 aliphatic rings. The van der Waals surface area contributed by atoms with Crippen molar-refractivity contribution in [3.05, 3.63) is 60.3 Å². The topological polar surface area (TPSA) is 42.4 Å². The van der Waals surface area contributed by atoms with Gasteiger partial charge in [-0.2, -0.15) is 0 Å². The van der Waals surface area contributed by atoms with Gasteiger partial charge in [0.25, 0.3) is 0 Å². The Kier molecular flexibility index (Phi) is 4.15. The summed E-state index contributed by atoms with van der Waals surface area (Å²) in [5, 5.41) is 0. The molecule has 1 amide bonds. The van der Waals surface area contributed by atoms with Crippen molar-refractivity contribution in [3.63, 3.8) is 0 Å². The minimum atomic E-state index is 0.0413. The Balaban J connectivity index is 1.53. The van der Waals surface area contributed by atoms with Gasteiger partial charge in [-0.3, -0.25) is 4.79 Å². The number of pyridine rings is 1. The van der Waals surface area contributed by atoms with Gasteiger partial charge < -0.3 is 9.64 Å². The van der Waals surface area contributed by atoms with Crippen LogP contribution in [0.2, 0.25) is 0 Å². The van der Waals surface area contributed by atoms with Gasteiger partial charge in [0.2, 0.25) is 11.8 Å². The molecule has 1 aromatic heterocycles. The quantitative estimate of drug-likeness (QED) is 0.864. The summed E-state index contributed by atoms with van der Waals surface area (Å²) in [5.74, 6) is 0.785. The summed E-state index contributed by atoms with van der Waals surface area (Å²) in [6.07, 6.45) is 3.07. The third-order valence-electron chi connectivity index (χ3n) is 3.62. The smallest absolute Gasteiger partial charge is 0.227 e. The van der Waals surface area contributed by atoms with E-state index in [1.165, 1.54) is 0 Å². The highest BCUT2D eigenvalue weighted by Crippen LogP contribution is 2.17. The molecule has 2 heterocycles. The molecule has 1 unspecified atom stereocenters. The van der Waals surface area contributed by atoms with E-state index in [1.807, 2.05) is 53.4 Å². The molecule has 21 heavy (non-hydrogen) atoms. The number of carbonyl (C=O) groups is 1. The van der Waals surface area contributed by atoms with Gasteiger partial charge >= 0.3 is 0 Å². The largest absolute Gasteiger partial charge is 0.472 e. The fourth-order valence-electron chi connectivity index (χ4n) is 2.52. The first-order valence-corrected chi connectivity index (χ1v) is 7.20. The fraction of sp³-hybridized carbons (Fsp3) is 0.294. The molecule has 0 N–H and O–H groups in total. The van der Waals surface area contributed by atoms with Crippen LogP contribution in [0.1, 0.15) is 12.0 Å². The van der Waals surface area contributed by atoms with Gasteiger partial charge in [0.1, 0.15) is 6.10 Å². The SMILES string of the molecule is O=C(Cc1ccccc1)N1CCC(Oc2ccccn2)C1. The van der Waals surface area contributed by atoms with Crippen LogP contribution in [-0.4, -0.2) is 35.0 Å². The Labute approximate surface area is 124 Å². The summed E-state index contributed by atoms with van der Waals surface area (Å²) in [6.45, 7) is 1.39. The number of rotatable bonds is 4. The van der Waals surface area contributed by atoms with Crippen molar-refractivity contribution in [3.8, 4) is 5.88 Å². The number of hydrogen-bond donors (Lipinski definition) is 0. The molecule has 0 saturated carbocycles. The zero-order valence-electron chi connectivity index (χ0n) is 11.8. The van der Waals surface area contributed by atoms with Crippen LogP contribution in [0.5, 0.6) is 5.88 Å². The predicted molar refractivity (Wildman–Crippen MR) is 80.0 cm³/mol. The number of likely N-dealkylation sites (tertiary alicyclic amines) is 1. The van der Waals surface area contributed by atoms with Gasteiger partial charge in [-0.1, -0.05) is 36.4 Å². The van der Waals surface area contributed by atoms with Gasteiger partial charge in [0, 0.05) is 25.2 Å². The highest BCUT2D eigenvalue weighted by molar-refractivity contribution is 5.79. The standard InChI is InChI=1S/C17H18N2O2/c20-17(12-14-6-2-1-3-7-14)19-11-9-15(13-19)21-16-8-4-5-10-18-16/h1-8,10,15H,9,11-13H2. The molecule has 1 fully saturated rings. The highest BCUT2D eigenvalue weighted by atomic mass is 16.5. The number of ether oxygens (including phenoxy) is 1. The number of benzene rings is 1. The van der Waals surface area contributed by atoms with E-state index in [9.17, 15) is 4.79 Å². The van der Waals surface area contributed by atoms with Crippen LogP contribution in [0.15, 0.2) is 54.7 Å². The first-order chi connectivity index (χ1) is 10.3. The van der Waals surface area contributed by atoms with E-state index in [4.69, 9.17) is 4.74 Å². The number of nitrogens with zero attached hydrogens (tertiary/aromatic N) is 2. The normalized spacial score (nSPS) is 17.7. The molecule has 1 aromatic carbocycles. The third-order valence-corrected chi connectivity index (χ3v) is 3.62. The minimum Gasteiger partial charge on any atom is -0.472 e. The van der Waals surface area contributed by atoms with Gasteiger partial charge in [0.15, 0.2) is 0 Å². The van der Waals surface area contributed by atoms with E-state index in [1.54, 1.807) is 6.20 Å². The highest BCUT2D eigenvalue weighted by Gasteiger charge is 2.27. The molecule has 1 saturated heterocycles. The van der Waals surface area contributed by atoms with Crippen LogP contribution in [0.25, 0.3) is 0 Å². The Morgan fingerprint density at radius 3 is 2.76 bits per heavy atom. The molecule has 4 nitrogen and oxygen atoms in total. The molecular weight excluding hydrogens is 264 g/mol. The van der Waals surface area contributed by atoms with E-state index in [0.717, 1.165) is 18.5 Å². The lowest BCUT2D eigenvalue weighted by Crippen LogP contribution is -2.32. The lowest BCUT2D eigenvalue weighted by molar-refractivity contribution is -0.129. The maximum Gasteiger partial charge on any atom is 0.227 e. The zero-order valence-corrected chi connectivity index (χ0v) is 11.8. The maximum atomic E-state index is 12.3. The number of amides is 1. The van der Waals surface area contributed by atoms with Crippen molar-refractivity contribution in [2.24, 2.45) is 0 Å². The van der Waals surface area contributed by atoms with E-state index >= 15 is 0 Å². The molecule has 0 radical (unpaired) electrons. The van der Waals surface area contributed by atoms with Crippen molar-refractivity contribution < 1.29 is 9.53 Å². The molecule has 1 atom stereocenters. The van der Waals surface area contributed by atoms with Crippen molar-refractivity contribution >= 4 is 5.91 Å². The molecule has 0 spiro atoms. The number of carbonyl (C=O) groups excluding carboxylic acids is 1. The summed E-state index contributed by atoms with van der Waals surface area (Å²) in [4.78, 5) is 18.3. The fourth-order valence-corrected chi connectivity index (χ4v) is 2.52. The van der Waals surface area contributed by atoms with Crippen LogP contribution in [0, 0.1) is 0 Å². The average molecular weight is 282 g/mol. The summed E-state index contributed by atoms with van der Waals surface area (Å²) in [6, 6.07) is 15.4. The van der Waals surface area contributed by atoms with Crippen LogP contribution in [0.4, 0.5) is 0 Å². The maximum absolute atomic E-state index is 12.3. The Morgan fingerprint density at radius 2 is 2.00 bits per heavy atom. The Morgan fingerprint density at radius 1 is 1.19 bits per heavy atom. The lowest BCUT2D eigenvalue weighted by atomic mass is 10.1. The van der Waals surface area contributed by atoms with Crippen molar-refractivity contribution in [2.75, 3.05) is 13.1 Å². The van der Waals surface area contributed by atoms with Crippen LogP contribution in [0.3, 0.4) is 0 Å². The second kappa shape index (κ2) is 6.39. The monoisotopic (exact) mass is 282 g/mol. The van der Waals surface area contributed by atoms with Gasteiger partial charge in [-0.25, -0.2) is 4.98 Å². The second-order valence-corrected chi connectivity index (χ2v) is 5.20. The number of hydrogen-bond acceptors (Lipinski definition) is 3. The number of aromatic nitrogens is 1. The first kappa shape index (κ1) is 13.6. The lowest BCUT2D eigenvalue weighted by Gasteiger charge is -2.17. The van der Waals surface area contributed by atoms with Crippen molar-refractivity contribution in [1.82, 2.24) is 9.88 Å².